The van der Waals surface area contributed by atoms with Crippen molar-refractivity contribution in [3.05, 3.63) is 23.5 Å². The van der Waals surface area contributed by atoms with E-state index in [1.807, 2.05) is 20.8 Å². The first-order chi connectivity index (χ1) is 9.43. The lowest BCUT2D eigenvalue weighted by Crippen LogP contribution is -2.38. The van der Waals surface area contributed by atoms with Gasteiger partial charge in [-0.05, 0) is 25.8 Å². The lowest BCUT2D eigenvalue weighted by Gasteiger charge is -2.19. The highest BCUT2D eigenvalue weighted by molar-refractivity contribution is 6.05. The van der Waals surface area contributed by atoms with Gasteiger partial charge in [0, 0.05) is 25.4 Å². The molecule has 2 aromatic rings. The number of hydrogen-bond acceptors (Lipinski definition) is 4. The van der Waals surface area contributed by atoms with Gasteiger partial charge in [0.2, 0.25) is 0 Å². The average Bonchev–Trinajstić information content (AvgIpc) is 2.78. The van der Waals surface area contributed by atoms with Gasteiger partial charge in [0.1, 0.15) is 0 Å². The van der Waals surface area contributed by atoms with Crippen LogP contribution in [0.4, 0.5) is 0 Å². The molecule has 6 nitrogen and oxygen atoms in total. The molecule has 20 heavy (non-hydrogen) atoms. The highest BCUT2D eigenvalue weighted by atomic mass is 16.3. The maximum Gasteiger partial charge on any atom is 0.252 e. The van der Waals surface area contributed by atoms with Crippen LogP contribution in [0.3, 0.4) is 0 Å². The molecule has 0 aliphatic carbocycles. The Morgan fingerprint density at radius 2 is 2.20 bits per heavy atom. The number of amides is 1. The van der Waals surface area contributed by atoms with Crippen molar-refractivity contribution >= 4 is 16.9 Å². The van der Waals surface area contributed by atoms with Crippen molar-refractivity contribution in [2.75, 3.05) is 6.61 Å². The molecule has 2 rings (SSSR count). The molecule has 6 heteroatoms. The highest BCUT2D eigenvalue weighted by Gasteiger charge is 2.18. The third-order valence-electron chi connectivity index (χ3n) is 3.58. The van der Waals surface area contributed by atoms with E-state index < -0.39 is 0 Å². The summed E-state index contributed by atoms with van der Waals surface area (Å²) in [5.41, 5.74) is 2.03. The number of pyridine rings is 1. The summed E-state index contributed by atoms with van der Waals surface area (Å²) in [6, 6.07) is 1.66. The summed E-state index contributed by atoms with van der Waals surface area (Å²) in [6.45, 7) is 5.66. The largest absolute Gasteiger partial charge is 0.396 e. The zero-order valence-electron chi connectivity index (χ0n) is 12.2. The second kappa shape index (κ2) is 5.58. The standard InChI is InChI=1S/C14H20N4O2/c1-8(7-19)10(3)17-14(20)11-5-9(2)16-13-12(11)6-15-18(13)4/h5-6,8,10,19H,7H2,1-4H3,(H,17,20). The molecular formula is C14H20N4O2. The molecule has 108 valence electrons. The average molecular weight is 276 g/mol. The van der Waals surface area contributed by atoms with Crippen LogP contribution in [0.5, 0.6) is 0 Å². The number of aliphatic hydroxyl groups excluding tert-OH is 1. The van der Waals surface area contributed by atoms with Crippen LogP contribution < -0.4 is 5.32 Å². The maximum absolute atomic E-state index is 12.4. The van der Waals surface area contributed by atoms with E-state index in [-0.39, 0.29) is 24.5 Å². The van der Waals surface area contributed by atoms with Gasteiger partial charge in [-0.25, -0.2) is 4.98 Å². The summed E-state index contributed by atoms with van der Waals surface area (Å²) in [7, 11) is 1.80. The maximum atomic E-state index is 12.4. The first-order valence-electron chi connectivity index (χ1n) is 6.65. The Bertz CT molecular complexity index is 635. The summed E-state index contributed by atoms with van der Waals surface area (Å²) in [6.07, 6.45) is 1.65. The monoisotopic (exact) mass is 276 g/mol. The van der Waals surface area contributed by atoms with Crippen molar-refractivity contribution in [3.63, 3.8) is 0 Å². The lowest BCUT2D eigenvalue weighted by molar-refractivity contribution is 0.0918. The molecule has 0 spiro atoms. The van der Waals surface area contributed by atoms with E-state index in [1.54, 1.807) is 24.0 Å². The molecule has 0 aliphatic rings. The van der Waals surface area contributed by atoms with Crippen molar-refractivity contribution in [3.8, 4) is 0 Å². The zero-order valence-corrected chi connectivity index (χ0v) is 12.2. The van der Waals surface area contributed by atoms with Crippen molar-refractivity contribution in [2.45, 2.75) is 26.8 Å². The number of carbonyl (C=O) groups excluding carboxylic acids is 1. The first-order valence-corrected chi connectivity index (χ1v) is 6.65. The van der Waals surface area contributed by atoms with Crippen molar-refractivity contribution < 1.29 is 9.90 Å². The van der Waals surface area contributed by atoms with Crippen LogP contribution in [-0.2, 0) is 7.05 Å². The van der Waals surface area contributed by atoms with Gasteiger partial charge in [-0.3, -0.25) is 9.48 Å². The summed E-state index contributed by atoms with van der Waals surface area (Å²) >= 11 is 0. The number of nitrogens with one attached hydrogen (secondary N) is 1. The molecule has 0 saturated carbocycles. The lowest BCUT2D eigenvalue weighted by atomic mass is 10.0. The van der Waals surface area contributed by atoms with Crippen molar-refractivity contribution in [1.29, 1.82) is 0 Å². The number of aryl methyl sites for hydroxylation is 2. The van der Waals surface area contributed by atoms with E-state index in [0.717, 1.165) is 11.1 Å². The predicted molar refractivity (Wildman–Crippen MR) is 76.4 cm³/mol. The molecule has 0 radical (unpaired) electrons. The Morgan fingerprint density at radius 1 is 1.50 bits per heavy atom. The van der Waals surface area contributed by atoms with Crippen molar-refractivity contribution in [2.24, 2.45) is 13.0 Å². The summed E-state index contributed by atoms with van der Waals surface area (Å²) < 4.78 is 1.65. The van der Waals surface area contributed by atoms with Gasteiger partial charge >= 0.3 is 0 Å². The minimum Gasteiger partial charge on any atom is -0.396 e. The van der Waals surface area contributed by atoms with Gasteiger partial charge in [0.15, 0.2) is 5.65 Å². The van der Waals surface area contributed by atoms with E-state index in [9.17, 15) is 4.79 Å². The Kier molecular flexibility index (Phi) is 4.04. The fourth-order valence-electron chi connectivity index (χ4n) is 2.01. The Morgan fingerprint density at radius 3 is 2.85 bits per heavy atom. The molecule has 0 saturated heterocycles. The van der Waals surface area contributed by atoms with Crippen LogP contribution in [0.25, 0.3) is 11.0 Å². The number of hydrogen-bond donors (Lipinski definition) is 2. The predicted octanol–water partition coefficient (Wildman–Crippen LogP) is 1.02. The normalized spacial score (nSPS) is 14.2. The second-order valence-corrected chi connectivity index (χ2v) is 5.24. The summed E-state index contributed by atoms with van der Waals surface area (Å²) in [5.74, 6) is -0.160. The topological polar surface area (TPSA) is 80.0 Å². The number of aliphatic hydroxyl groups is 1. The minimum absolute atomic E-state index is 0.00581. The number of carbonyl (C=O) groups is 1. The van der Waals surface area contributed by atoms with Gasteiger partial charge in [0.05, 0.1) is 17.1 Å². The molecule has 0 fully saturated rings. The smallest absolute Gasteiger partial charge is 0.252 e. The Balaban J connectivity index is 2.35. The van der Waals surface area contributed by atoms with E-state index in [0.29, 0.717) is 11.2 Å². The number of fused-ring (bicyclic) bond motifs is 1. The summed E-state index contributed by atoms with van der Waals surface area (Å²) in [5, 5.41) is 16.9. The number of nitrogens with zero attached hydrogens (tertiary/aromatic N) is 3. The van der Waals surface area contributed by atoms with E-state index in [4.69, 9.17) is 5.11 Å². The SMILES string of the molecule is Cc1cc(C(=O)NC(C)C(C)CO)c2cnn(C)c2n1. The van der Waals surface area contributed by atoms with Gasteiger partial charge in [0.25, 0.3) is 5.91 Å². The van der Waals surface area contributed by atoms with Gasteiger partial charge in [-0.2, -0.15) is 5.10 Å². The van der Waals surface area contributed by atoms with E-state index >= 15 is 0 Å². The van der Waals surface area contributed by atoms with Gasteiger partial charge < -0.3 is 10.4 Å². The number of rotatable bonds is 4. The minimum atomic E-state index is -0.165. The molecular weight excluding hydrogens is 256 g/mol. The van der Waals surface area contributed by atoms with Gasteiger partial charge in [-0.15, -0.1) is 0 Å². The zero-order chi connectivity index (χ0) is 14.9. The fraction of sp³-hybridized carbons (Fsp3) is 0.500. The van der Waals surface area contributed by atoms with Gasteiger partial charge in [-0.1, -0.05) is 6.92 Å². The van der Waals surface area contributed by atoms with Crippen LogP contribution in [0.15, 0.2) is 12.3 Å². The second-order valence-electron chi connectivity index (χ2n) is 5.24. The van der Waals surface area contributed by atoms with Crippen LogP contribution >= 0.6 is 0 Å². The van der Waals surface area contributed by atoms with Crippen LogP contribution in [0.2, 0.25) is 0 Å². The number of aromatic nitrogens is 3. The fourth-order valence-corrected chi connectivity index (χ4v) is 2.01. The molecule has 1 amide bonds. The molecule has 2 unspecified atom stereocenters. The summed E-state index contributed by atoms with van der Waals surface area (Å²) in [4.78, 5) is 16.8. The van der Waals surface area contributed by atoms with E-state index in [1.165, 1.54) is 0 Å². The molecule has 0 bridgehead atoms. The molecule has 2 aromatic heterocycles. The molecule has 2 heterocycles. The van der Waals surface area contributed by atoms with Crippen LogP contribution in [0, 0.1) is 12.8 Å². The first kappa shape index (κ1) is 14.5. The van der Waals surface area contributed by atoms with E-state index in [2.05, 4.69) is 15.4 Å². The van der Waals surface area contributed by atoms with Crippen LogP contribution in [-0.4, -0.2) is 38.4 Å². The van der Waals surface area contributed by atoms with Crippen LogP contribution in [0.1, 0.15) is 29.9 Å². The third-order valence-corrected chi connectivity index (χ3v) is 3.58. The molecule has 0 aliphatic heterocycles. The third kappa shape index (κ3) is 2.65. The quantitative estimate of drug-likeness (QED) is 0.874. The molecule has 2 N–H and O–H groups in total. The molecule has 0 aromatic carbocycles. The Labute approximate surface area is 117 Å². The highest BCUT2D eigenvalue weighted by Crippen LogP contribution is 2.18. The molecule has 2 atom stereocenters. The Hall–Kier alpha value is -1.95. The van der Waals surface area contributed by atoms with Crippen molar-refractivity contribution in [1.82, 2.24) is 20.1 Å².